The summed E-state index contributed by atoms with van der Waals surface area (Å²) < 4.78 is 5.71. The lowest BCUT2D eigenvalue weighted by Crippen LogP contribution is -2.31. The van der Waals surface area contributed by atoms with Crippen LogP contribution in [-0.4, -0.2) is 19.0 Å². The number of nitrogens with one attached hydrogen (secondary N) is 1. The summed E-state index contributed by atoms with van der Waals surface area (Å²) in [4.78, 5) is 24.4. The van der Waals surface area contributed by atoms with Crippen LogP contribution in [0.3, 0.4) is 0 Å². The van der Waals surface area contributed by atoms with Gasteiger partial charge in [0.25, 0.3) is 0 Å². The zero-order valence-corrected chi connectivity index (χ0v) is 16.5. The molecule has 0 heterocycles. The summed E-state index contributed by atoms with van der Waals surface area (Å²) in [5.41, 5.74) is 1.79. The van der Waals surface area contributed by atoms with Crippen LogP contribution >= 0.6 is 15.9 Å². The Hall–Kier alpha value is -2.66. The first-order chi connectivity index (χ1) is 13.0. The van der Waals surface area contributed by atoms with Crippen LogP contribution in [0.1, 0.15) is 23.6 Å². The Morgan fingerprint density at radius 1 is 1.00 bits per heavy atom. The van der Waals surface area contributed by atoms with E-state index < -0.39 is 6.04 Å². The van der Waals surface area contributed by atoms with Crippen molar-refractivity contribution < 1.29 is 14.3 Å². The first-order valence-corrected chi connectivity index (χ1v) is 9.44. The number of halogens is 1. The van der Waals surface area contributed by atoms with E-state index in [1.165, 1.54) is 7.11 Å². The first-order valence-electron chi connectivity index (χ1n) is 8.64. The van der Waals surface area contributed by atoms with Gasteiger partial charge < -0.3 is 10.1 Å². The normalized spacial score (nSPS) is 11.8. The predicted molar refractivity (Wildman–Crippen MR) is 109 cm³/mol. The van der Waals surface area contributed by atoms with E-state index in [4.69, 9.17) is 4.74 Å². The smallest absolute Gasteiger partial charge is 0.307 e. The van der Waals surface area contributed by atoms with E-state index >= 15 is 0 Å². The fourth-order valence-corrected chi connectivity index (χ4v) is 3.24. The lowest BCUT2D eigenvalue weighted by molar-refractivity contribution is -0.141. The average molecular weight is 426 g/mol. The van der Waals surface area contributed by atoms with E-state index in [1.807, 2.05) is 66.7 Å². The third kappa shape index (κ3) is 5.17. The molecule has 0 radical (unpaired) electrons. The maximum absolute atomic E-state index is 12.6. The van der Waals surface area contributed by atoms with Gasteiger partial charge in [0.05, 0.1) is 26.0 Å². The van der Waals surface area contributed by atoms with Crippen molar-refractivity contribution >= 4 is 38.6 Å². The number of ether oxygens (including phenoxy) is 1. The minimum absolute atomic E-state index is 0.0849. The molecule has 3 aromatic rings. The summed E-state index contributed by atoms with van der Waals surface area (Å²) in [6.07, 6.45) is 0.334. The van der Waals surface area contributed by atoms with E-state index in [0.29, 0.717) is 0 Å². The van der Waals surface area contributed by atoms with E-state index in [9.17, 15) is 9.59 Å². The summed E-state index contributed by atoms with van der Waals surface area (Å²) in [5.74, 6) is -0.504. The maximum atomic E-state index is 12.6. The molecule has 0 fully saturated rings. The Morgan fingerprint density at radius 2 is 1.70 bits per heavy atom. The fourth-order valence-electron chi connectivity index (χ4n) is 2.98. The molecule has 1 N–H and O–H groups in total. The SMILES string of the molecule is COC(=O)CC(NC(=O)Cc1ccc2ccccc2c1)c1ccc(Br)cc1. The lowest BCUT2D eigenvalue weighted by atomic mass is 10.0. The largest absolute Gasteiger partial charge is 0.469 e. The van der Waals surface area contributed by atoms with Crippen molar-refractivity contribution in [3.05, 3.63) is 82.3 Å². The van der Waals surface area contributed by atoms with Gasteiger partial charge in [-0.1, -0.05) is 70.5 Å². The molecule has 3 aromatic carbocycles. The van der Waals surface area contributed by atoms with Gasteiger partial charge in [0.1, 0.15) is 0 Å². The minimum atomic E-state index is -0.432. The van der Waals surface area contributed by atoms with Crippen molar-refractivity contribution in [2.24, 2.45) is 0 Å². The third-order valence-electron chi connectivity index (χ3n) is 4.38. The van der Waals surface area contributed by atoms with Crippen LogP contribution in [0.25, 0.3) is 10.8 Å². The Morgan fingerprint density at radius 3 is 2.41 bits per heavy atom. The molecule has 138 valence electrons. The monoisotopic (exact) mass is 425 g/mol. The number of fused-ring (bicyclic) bond motifs is 1. The number of benzene rings is 3. The molecular formula is C22H20BrNO3. The second kappa shape index (κ2) is 8.82. The highest BCUT2D eigenvalue weighted by Crippen LogP contribution is 2.21. The summed E-state index contributed by atoms with van der Waals surface area (Å²) in [6.45, 7) is 0. The van der Waals surface area contributed by atoms with Gasteiger partial charge in [0.15, 0.2) is 0 Å². The number of amides is 1. The molecule has 0 aliphatic heterocycles. The number of carbonyl (C=O) groups excluding carboxylic acids is 2. The van der Waals surface area contributed by atoms with Crippen LogP contribution in [0, 0.1) is 0 Å². The molecule has 0 aliphatic carbocycles. The van der Waals surface area contributed by atoms with Gasteiger partial charge in [-0.25, -0.2) is 0 Å². The highest BCUT2D eigenvalue weighted by Gasteiger charge is 2.19. The summed E-state index contributed by atoms with van der Waals surface area (Å²) in [6, 6.07) is 21.1. The van der Waals surface area contributed by atoms with Crippen molar-refractivity contribution in [2.75, 3.05) is 7.11 Å². The van der Waals surface area contributed by atoms with E-state index in [2.05, 4.69) is 21.2 Å². The van der Waals surface area contributed by atoms with Crippen LogP contribution in [0.15, 0.2) is 71.2 Å². The molecule has 1 atom stereocenters. The highest BCUT2D eigenvalue weighted by atomic mass is 79.9. The van der Waals surface area contributed by atoms with Gasteiger partial charge in [-0.15, -0.1) is 0 Å². The van der Waals surface area contributed by atoms with Crippen molar-refractivity contribution in [3.8, 4) is 0 Å². The van der Waals surface area contributed by atoms with Gasteiger partial charge in [-0.05, 0) is 34.0 Å². The van der Waals surface area contributed by atoms with Crippen LogP contribution in [-0.2, 0) is 20.7 Å². The second-order valence-corrected chi connectivity index (χ2v) is 7.23. The predicted octanol–water partition coefficient (Wildman–Crippen LogP) is 4.57. The summed E-state index contributed by atoms with van der Waals surface area (Å²) >= 11 is 3.39. The Balaban J connectivity index is 1.74. The van der Waals surface area contributed by atoms with Gasteiger partial charge in [-0.2, -0.15) is 0 Å². The molecule has 0 aromatic heterocycles. The number of methoxy groups -OCH3 is 1. The lowest BCUT2D eigenvalue weighted by Gasteiger charge is -2.18. The quantitative estimate of drug-likeness (QED) is 0.588. The van der Waals surface area contributed by atoms with Crippen molar-refractivity contribution in [1.29, 1.82) is 0 Å². The number of esters is 1. The Bertz CT molecular complexity index is 953. The third-order valence-corrected chi connectivity index (χ3v) is 4.91. The van der Waals surface area contributed by atoms with Gasteiger partial charge in [0.2, 0.25) is 5.91 Å². The second-order valence-electron chi connectivity index (χ2n) is 6.31. The van der Waals surface area contributed by atoms with Crippen LogP contribution in [0.2, 0.25) is 0 Å². The fraction of sp³-hybridized carbons (Fsp3) is 0.182. The van der Waals surface area contributed by atoms with Crippen molar-refractivity contribution in [1.82, 2.24) is 5.32 Å². The van der Waals surface area contributed by atoms with E-state index in [1.54, 1.807) is 0 Å². The zero-order valence-electron chi connectivity index (χ0n) is 14.9. The summed E-state index contributed by atoms with van der Waals surface area (Å²) in [5, 5.41) is 5.20. The molecule has 5 heteroatoms. The molecule has 0 saturated heterocycles. The molecule has 0 bridgehead atoms. The number of hydrogen-bond donors (Lipinski definition) is 1. The average Bonchev–Trinajstić information content (AvgIpc) is 2.67. The molecule has 27 heavy (non-hydrogen) atoms. The Labute approximate surface area is 166 Å². The molecule has 3 rings (SSSR count). The Kier molecular flexibility index (Phi) is 6.24. The van der Waals surface area contributed by atoms with Crippen LogP contribution in [0.5, 0.6) is 0 Å². The number of rotatable bonds is 6. The zero-order chi connectivity index (χ0) is 19.2. The van der Waals surface area contributed by atoms with Gasteiger partial charge in [0, 0.05) is 4.47 Å². The molecule has 0 spiro atoms. The van der Waals surface area contributed by atoms with E-state index in [-0.39, 0.29) is 24.7 Å². The highest BCUT2D eigenvalue weighted by molar-refractivity contribution is 9.10. The number of hydrogen-bond acceptors (Lipinski definition) is 3. The molecule has 1 unspecified atom stereocenters. The molecular weight excluding hydrogens is 406 g/mol. The minimum Gasteiger partial charge on any atom is -0.469 e. The van der Waals surface area contributed by atoms with Crippen LogP contribution < -0.4 is 5.32 Å². The van der Waals surface area contributed by atoms with Crippen LogP contribution in [0.4, 0.5) is 0 Å². The van der Waals surface area contributed by atoms with Gasteiger partial charge >= 0.3 is 5.97 Å². The maximum Gasteiger partial charge on any atom is 0.307 e. The molecule has 0 saturated carbocycles. The molecule has 4 nitrogen and oxygen atoms in total. The molecule has 0 aliphatic rings. The topological polar surface area (TPSA) is 55.4 Å². The van der Waals surface area contributed by atoms with Crippen molar-refractivity contribution in [2.45, 2.75) is 18.9 Å². The summed E-state index contributed by atoms with van der Waals surface area (Å²) in [7, 11) is 1.35. The first kappa shape index (κ1) is 19.1. The van der Waals surface area contributed by atoms with Crippen molar-refractivity contribution in [3.63, 3.8) is 0 Å². The van der Waals surface area contributed by atoms with Gasteiger partial charge in [-0.3, -0.25) is 9.59 Å². The van der Waals surface area contributed by atoms with E-state index in [0.717, 1.165) is 26.4 Å². The standard InChI is InChI=1S/C22H20BrNO3/c1-27-22(26)14-20(17-8-10-19(23)11-9-17)24-21(25)13-15-6-7-16-4-2-3-5-18(16)12-15/h2-12,20H,13-14H2,1H3,(H,24,25). The molecule has 1 amide bonds. The number of carbonyl (C=O) groups is 2.